The van der Waals surface area contributed by atoms with Crippen molar-refractivity contribution >= 4 is 5.57 Å². The molecule has 1 atom stereocenters. The Morgan fingerprint density at radius 1 is 1.39 bits per heavy atom. The summed E-state index contributed by atoms with van der Waals surface area (Å²) in [5.74, 6) is 0.459. The maximum Gasteiger partial charge on any atom is 0.254 e. The van der Waals surface area contributed by atoms with Crippen molar-refractivity contribution in [3.8, 4) is 0 Å². The van der Waals surface area contributed by atoms with Crippen LogP contribution in [0.1, 0.15) is 58.7 Å². The Morgan fingerprint density at radius 3 is 2.44 bits per heavy atom. The van der Waals surface area contributed by atoms with E-state index in [0.717, 1.165) is 17.5 Å². The van der Waals surface area contributed by atoms with Gasteiger partial charge in [-0.15, -0.1) is 0 Å². The van der Waals surface area contributed by atoms with Gasteiger partial charge in [-0.1, -0.05) is 26.8 Å². The van der Waals surface area contributed by atoms with Gasteiger partial charge in [0.25, 0.3) is 5.56 Å². The van der Waals surface area contributed by atoms with Gasteiger partial charge < -0.3 is 4.57 Å². The van der Waals surface area contributed by atoms with Crippen molar-refractivity contribution in [1.29, 1.82) is 0 Å². The Morgan fingerprint density at radius 2 is 2.00 bits per heavy atom. The summed E-state index contributed by atoms with van der Waals surface area (Å²) in [6.07, 6.45) is 4.78. The van der Waals surface area contributed by atoms with Gasteiger partial charge in [-0.25, -0.2) is 0 Å². The summed E-state index contributed by atoms with van der Waals surface area (Å²) in [6.45, 7) is 12.5. The molecule has 1 aromatic heterocycles. The van der Waals surface area contributed by atoms with E-state index in [1.165, 1.54) is 5.57 Å². The Labute approximate surface area is 110 Å². The second kappa shape index (κ2) is 6.03. The van der Waals surface area contributed by atoms with Crippen LogP contribution in [0.2, 0.25) is 0 Å². The van der Waals surface area contributed by atoms with Crippen LogP contribution in [0.3, 0.4) is 0 Å². The largest absolute Gasteiger partial charge is 0.312 e. The van der Waals surface area contributed by atoms with Gasteiger partial charge in [0.1, 0.15) is 0 Å². The Balaban J connectivity index is 3.43. The average molecular weight is 247 g/mol. The molecule has 2 nitrogen and oxygen atoms in total. The van der Waals surface area contributed by atoms with E-state index in [0.29, 0.717) is 5.92 Å². The Bertz CT molecular complexity index is 494. The van der Waals surface area contributed by atoms with Gasteiger partial charge in [0.15, 0.2) is 0 Å². The van der Waals surface area contributed by atoms with Gasteiger partial charge in [-0.2, -0.15) is 0 Å². The molecule has 0 amide bonds. The van der Waals surface area contributed by atoms with Crippen molar-refractivity contribution in [1.82, 2.24) is 4.57 Å². The van der Waals surface area contributed by atoms with E-state index >= 15 is 0 Å². The molecular formula is C16H25NO. The van der Waals surface area contributed by atoms with Crippen LogP contribution < -0.4 is 5.56 Å². The molecule has 2 heteroatoms. The van der Waals surface area contributed by atoms with E-state index in [2.05, 4.69) is 39.8 Å². The molecule has 0 aliphatic rings. The van der Waals surface area contributed by atoms with E-state index in [4.69, 9.17) is 0 Å². The monoisotopic (exact) mass is 247 g/mol. The third-order valence-corrected chi connectivity index (χ3v) is 3.83. The molecule has 1 heterocycles. The molecule has 0 spiro atoms. The number of hydrogen-bond acceptors (Lipinski definition) is 1. The average Bonchev–Trinajstić information content (AvgIpc) is 2.36. The molecule has 0 N–H and O–H groups in total. The first kappa shape index (κ1) is 14.7. The number of allylic oxidation sites excluding steroid dienone is 2. The molecule has 100 valence electrons. The quantitative estimate of drug-likeness (QED) is 0.786. The van der Waals surface area contributed by atoms with E-state index in [9.17, 15) is 4.79 Å². The maximum atomic E-state index is 12.5. The van der Waals surface area contributed by atoms with E-state index in [1.807, 2.05) is 24.6 Å². The van der Waals surface area contributed by atoms with E-state index in [1.54, 1.807) is 0 Å². The van der Waals surface area contributed by atoms with Crippen LogP contribution in [0.5, 0.6) is 0 Å². The first-order chi connectivity index (χ1) is 8.43. The van der Waals surface area contributed by atoms with Gasteiger partial charge in [0.2, 0.25) is 0 Å². The summed E-state index contributed by atoms with van der Waals surface area (Å²) in [7, 11) is 0. The first-order valence-corrected chi connectivity index (χ1v) is 6.81. The number of rotatable bonds is 4. The van der Waals surface area contributed by atoms with Crippen LogP contribution in [0.15, 0.2) is 23.1 Å². The minimum atomic E-state index is 0.164. The molecule has 0 bridgehead atoms. The second-order valence-corrected chi connectivity index (χ2v) is 5.23. The Kier molecular flexibility index (Phi) is 4.94. The zero-order valence-corrected chi connectivity index (χ0v) is 12.4. The lowest BCUT2D eigenvalue weighted by Gasteiger charge is -2.21. The van der Waals surface area contributed by atoms with Crippen LogP contribution in [0.4, 0.5) is 0 Å². The van der Waals surface area contributed by atoms with Crippen LogP contribution in [0, 0.1) is 5.92 Å². The molecule has 0 aliphatic carbocycles. The molecule has 0 radical (unpaired) electrons. The fourth-order valence-electron chi connectivity index (χ4n) is 2.10. The van der Waals surface area contributed by atoms with Crippen LogP contribution in [-0.2, 0) is 6.42 Å². The van der Waals surface area contributed by atoms with Crippen molar-refractivity contribution in [3.63, 3.8) is 0 Å². The molecule has 0 saturated carbocycles. The zero-order valence-electron chi connectivity index (χ0n) is 12.4. The highest BCUT2D eigenvalue weighted by Gasteiger charge is 2.15. The van der Waals surface area contributed by atoms with Crippen molar-refractivity contribution in [2.75, 3.05) is 0 Å². The predicted molar refractivity (Wildman–Crippen MR) is 79.0 cm³/mol. The standard InChI is InChI=1S/C16H25NO/c1-7-12(5)15-9-10-17(13(6)11(3)4)16(18)14(15)8-2/h7,9-11,13H,8H2,1-6H3/b12-7-. The highest BCUT2D eigenvalue weighted by atomic mass is 16.1. The molecule has 18 heavy (non-hydrogen) atoms. The summed E-state index contributed by atoms with van der Waals surface area (Å²) >= 11 is 0. The maximum absolute atomic E-state index is 12.5. The van der Waals surface area contributed by atoms with Gasteiger partial charge >= 0.3 is 0 Å². The fourth-order valence-corrected chi connectivity index (χ4v) is 2.10. The number of pyridine rings is 1. The van der Waals surface area contributed by atoms with Gasteiger partial charge in [-0.3, -0.25) is 4.79 Å². The molecule has 0 saturated heterocycles. The lowest BCUT2D eigenvalue weighted by atomic mass is 9.99. The third kappa shape index (κ3) is 2.74. The highest BCUT2D eigenvalue weighted by Crippen LogP contribution is 2.20. The minimum Gasteiger partial charge on any atom is -0.312 e. The zero-order chi connectivity index (χ0) is 13.9. The Hall–Kier alpha value is -1.31. The van der Waals surface area contributed by atoms with E-state index in [-0.39, 0.29) is 11.6 Å². The summed E-state index contributed by atoms with van der Waals surface area (Å²) in [5, 5.41) is 0. The van der Waals surface area contributed by atoms with E-state index < -0.39 is 0 Å². The number of hydrogen-bond donors (Lipinski definition) is 0. The van der Waals surface area contributed by atoms with Crippen molar-refractivity contribution < 1.29 is 0 Å². The lowest BCUT2D eigenvalue weighted by Crippen LogP contribution is -2.29. The summed E-state index contributed by atoms with van der Waals surface area (Å²) in [6, 6.07) is 2.32. The molecule has 0 aromatic carbocycles. The predicted octanol–water partition coefficient (Wildman–Crippen LogP) is 4.05. The van der Waals surface area contributed by atoms with Crippen LogP contribution in [-0.4, -0.2) is 4.57 Å². The van der Waals surface area contributed by atoms with Crippen molar-refractivity contribution in [3.05, 3.63) is 39.8 Å². The van der Waals surface area contributed by atoms with Gasteiger partial charge in [0.05, 0.1) is 0 Å². The first-order valence-electron chi connectivity index (χ1n) is 6.81. The molecule has 1 aromatic rings. The summed E-state index contributed by atoms with van der Waals surface area (Å²) < 4.78 is 1.87. The van der Waals surface area contributed by atoms with Crippen LogP contribution in [0.25, 0.3) is 5.57 Å². The highest BCUT2D eigenvalue weighted by molar-refractivity contribution is 5.65. The third-order valence-electron chi connectivity index (χ3n) is 3.83. The molecule has 0 aliphatic heterocycles. The smallest absolute Gasteiger partial charge is 0.254 e. The summed E-state index contributed by atoms with van der Waals surface area (Å²) in [5.41, 5.74) is 3.36. The number of nitrogens with zero attached hydrogens (tertiary/aromatic N) is 1. The molecule has 0 fully saturated rings. The fraction of sp³-hybridized carbons (Fsp3) is 0.562. The molecular weight excluding hydrogens is 222 g/mol. The molecule has 1 unspecified atom stereocenters. The SMILES string of the molecule is C/C=C(/C)c1ccn(C(C)C(C)C)c(=O)c1CC. The van der Waals surface area contributed by atoms with Crippen LogP contribution >= 0.6 is 0 Å². The normalized spacial score (nSPS) is 14.1. The second-order valence-electron chi connectivity index (χ2n) is 5.23. The minimum absolute atomic E-state index is 0.164. The van der Waals surface area contributed by atoms with Gasteiger partial charge in [0, 0.05) is 17.8 Å². The number of aromatic nitrogens is 1. The van der Waals surface area contributed by atoms with Crippen molar-refractivity contribution in [2.24, 2.45) is 5.92 Å². The molecule has 1 rings (SSSR count). The van der Waals surface area contributed by atoms with Crippen molar-refractivity contribution in [2.45, 2.75) is 54.0 Å². The topological polar surface area (TPSA) is 22.0 Å². The van der Waals surface area contributed by atoms with Gasteiger partial charge in [-0.05, 0) is 50.3 Å². The summed E-state index contributed by atoms with van der Waals surface area (Å²) in [4.78, 5) is 12.5. The lowest BCUT2D eigenvalue weighted by molar-refractivity contribution is 0.396.